The van der Waals surface area contributed by atoms with Gasteiger partial charge in [0.2, 0.25) is 0 Å². The second-order valence-electron chi connectivity index (χ2n) is 6.89. The van der Waals surface area contributed by atoms with E-state index in [0.717, 1.165) is 40.8 Å². The molecular weight excluding hydrogens is 324 g/mol. The minimum atomic E-state index is -0.0606. The van der Waals surface area contributed by atoms with Crippen LogP contribution in [0.2, 0.25) is 0 Å². The summed E-state index contributed by atoms with van der Waals surface area (Å²) in [5.41, 5.74) is 3.44. The summed E-state index contributed by atoms with van der Waals surface area (Å²) in [7, 11) is 1.63. The van der Waals surface area contributed by atoms with Gasteiger partial charge >= 0.3 is 0 Å². The van der Waals surface area contributed by atoms with E-state index >= 15 is 0 Å². The highest BCUT2D eigenvalue weighted by Crippen LogP contribution is 2.41. The van der Waals surface area contributed by atoms with Crippen LogP contribution in [0.3, 0.4) is 0 Å². The first kappa shape index (κ1) is 16.6. The van der Waals surface area contributed by atoms with Crippen LogP contribution < -0.4 is 10.1 Å². The van der Waals surface area contributed by atoms with Crippen molar-refractivity contribution in [3.8, 4) is 5.75 Å². The molecule has 0 spiro atoms. The van der Waals surface area contributed by atoms with Crippen LogP contribution in [-0.2, 0) is 0 Å². The van der Waals surface area contributed by atoms with Gasteiger partial charge in [0, 0.05) is 11.1 Å². The van der Waals surface area contributed by atoms with Crippen molar-refractivity contribution < 1.29 is 9.53 Å². The van der Waals surface area contributed by atoms with E-state index in [0.29, 0.717) is 11.5 Å². The fourth-order valence-corrected chi connectivity index (χ4v) is 3.43. The van der Waals surface area contributed by atoms with Gasteiger partial charge in [-0.1, -0.05) is 30.3 Å². The highest BCUT2D eigenvalue weighted by Gasteiger charge is 2.33. The van der Waals surface area contributed by atoms with E-state index in [1.807, 2.05) is 49.4 Å². The number of nitrogens with one attached hydrogen (secondary N) is 1. The van der Waals surface area contributed by atoms with Crippen LogP contribution >= 0.6 is 0 Å². The first-order valence-corrected chi connectivity index (χ1v) is 8.97. The molecule has 132 valence electrons. The maximum Gasteiger partial charge on any atom is 0.252 e. The quantitative estimate of drug-likeness (QED) is 0.743. The number of rotatable bonds is 5. The van der Waals surface area contributed by atoms with Crippen molar-refractivity contribution >= 4 is 16.8 Å². The average molecular weight is 346 g/mol. The Balaban J connectivity index is 1.71. The molecule has 4 nitrogen and oxygen atoms in total. The summed E-state index contributed by atoms with van der Waals surface area (Å²) in [6, 6.07) is 17.8. The lowest BCUT2D eigenvalue weighted by Gasteiger charge is -2.19. The lowest BCUT2D eigenvalue weighted by atomic mass is 10.0. The van der Waals surface area contributed by atoms with Gasteiger partial charge in [-0.2, -0.15) is 0 Å². The molecule has 1 heterocycles. The number of ether oxygens (including phenoxy) is 1. The van der Waals surface area contributed by atoms with Crippen molar-refractivity contribution in [2.75, 3.05) is 7.11 Å². The number of carbonyl (C=O) groups is 1. The first-order valence-electron chi connectivity index (χ1n) is 8.97. The van der Waals surface area contributed by atoms with Crippen molar-refractivity contribution in [2.45, 2.75) is 25.8 Å². The Hall–Kier alpha value is -2.88. The molecule has 0 aliphatic heterocycles. The van der Waals surface area contributed by atoms with E-state index in [4.69, 9.17) is 4.74 Å². The molecule has 4 heteroatoms. The highest BCUT2D eigenvalue weighted by atomic mass is 16.5. The molecule has 2 aromatic carbocycles. The number of carbonyl (C=O) groups excluding carboxylic acids is 1. The van der Waals surface area contributed by atoms with Gasteiger partial charge in [0.15, 0.2) is 0 Å². The van der Waals surface area contributed by atoms with E-state index in [1.165, 1.54) is 0 Å². The van der Waals surface area contributed by atoms with Crippen LogP contribution in [0.25, 0.3) is 10.9 Å². The van der Waals surface area contributed by atoms with Crippen LogP contribution in [0.15, 0.2) is 54.6 Å². The molecule has 1 aliphatic carbocycles. The van der Waals surface area contributed by atoms with Crippen molar-refractivity contribution in [3.05, 3.63) is 71.4 Å². The zero-order valence-corrected chi connectivity index (χ0v) is 15.0. The summed E-state index contributed by atoms with van der Waals surface area (Å²) >= 11 is 0. The molecule has 1 N–H and O–H groups in total. The predicted molar refractivity (Wildman–Crippen MR) is 102 cm³/mol. The normalized spacial score (nSPS) is 14.8. The molecule has 1 aromatic heterocycles. The highest BCUT2D eigenvalue weighted by molar-refractivity contribution is 6.06. The third kappa shape index (κ3) is 3.27. The topological polar surface area (TPSA) is 51.2 Å². The fourth-order valence-electron chi connectivity index (χ4n) is 3.43. The van der Waals surface area contributed by atoms with Gasteiger partial charge in [0.1, 0.15) is 5.75 Å². The molecule has 0 bridgehead atoms. The zero-order chi connectivity index (χ0) is 18.1. The lowest BCUT2D eigenvalue weighted by Crippen LogP contribution is -2.30. The van der Waals surface area contributed by atoms with Crippen LogP contribution in [0.1, 0.15) is 40.5 Å². The summed E-state index contributed by atoms with van der Waals surface area (Å²) in [5, 5.41) is 4.08. The Morgan fingerprint density at radius 2 is 1.92 bits per heavy atom. The zero-order valence-electron chi connectivity index (χ0n) is 15.0. The lowest BCUT2D eigenvalue weighted by molar-refractivity contribution is 0.0933. The minimum absolute atomic E-state index is 0.0535. The summed E-state index contributed by atoms with van der Waals surface area (Å²) in [5.74, 6) is 1.18. The van der Waals surface area contributed by atoms with Gasteiger partial charge in [0.05, 0.1) is 24.2 Å². The molecule has 0 unspecified atom stereocenters. The summed E-state index contributed by atoms with van der Waals surface area (Å²) < 4.78 is 5.33. The number of nitrogens with zero attached hydrogens (tertiary/aromatic N) is 1. The molecular formula is C22H22N2O2. The summed E-state index contributed by atoms with van der Waals surface area (Å²) in [6.07, 6.45) is 2.31. The smallest absolute Gasteiger partial charge is 0.252 e. The first-order chi connectivity index (χ1) is 12.7. The SMILES string of the molecule is COc1ccc2nc(C)cc(C(=O)N[C@H](c3ccccc3)C3CC3)c2c1. The Morgan fingerprint density at radius 1 is 1.15 bits per heavy atom. The molecule has 1 saturated carbocycles. The number of fused-ring (bicyclic) bond motifs is 1. The van der Waals surface area contributed by atoms with Gasteiger partial charge in [-0.25, -0.2) is 0 Å². The molecule has 1 fully saturated rings. The molecule has 26 heavy (non-hydrogen) atoms. The molecule has 0 saturated heterocycles. The van der Waals surface area contributed by atoms with Crippen LogP contribution in [-0.4, -0.2) is 18.0 Å². The second-order valence-corrected chi connectivity index (χ2v) is 6.89. The molecule has 1 amide bonds. The largest absolute Gasteiger partial charge is 0.497 e. The fraction of sp³-hybridized carbons (Fsp3) is 0.273. The van der Waals surface area contributed by atoms with Crippen LogP contribution in [0.5, 0.6) is 5.75 Å². The Kier molecular flexibility index (Phi) is 4.33. The van der Waals surface area contributed by atoms with Gasteiger partial charge in [-0.3, -0.25) is 9.78 Å². The Labute approximate surface area is 153 Å². The number of aryl methyl sites for hydroxylation is 1. The number of methoxy groups -OCH3 is 1. The van der Waals surface area contributed by atoms with E-state index < -0.39 is 0 Å². The Morgan fingerprint density at radius 3 is 2.62 bits per heavy atom. The molecule has 1 aliphatic rings. The maximum atomic E-state index is 13.1. The van der Waals surface area contributed by atoms with Gasteiger partial charge < -0.3 is 10.1 Å². The van der Waals surface area contributed by atoms with Crippen molar-refractivity contribution in [1.82, 2.24) is 10.3 Å². The minimum Gasteiger partial charge on any atom is -0.497 e. The third-order valence-corrected chi connectivity index (χ3v) is 4.93. The number of amides is 1. The molecule has 4 rings (SSSR count). The van der Waals surface area contributed by atoms with Crippen LogP contribution in [0, 0.1) is 12.8 Å². The maximum absolute atomic E-state index is 13.1. The van der Waals surface area contributed by atoms with Gasteiger partial charge in [-0.05, 0) is 55.5 Å². The van der Waals surface area contributed by atoms with E-state index in [2.05, 4.69) is 22.4 Å². The Bertz CT molecular complexity index is 949. The second kappa shape index (κ2) is 6.79. The van der Waals surface area contributed by atoms with Gasteiger partial charge in [0.25, 0.3) is 5.91 Å². The molecule has 1 atom stereocenters. The standard InChI is InChI=1S/C22H22N2O2/c1-14-12-19(18-13-17(26-2)10-11-20(18)23-14)22(25)24-21(16-8-9-16)15-6-4-3-5-7-15/h3-7,10-13,16,21H,8-9H2,1-2H3,(H,24,25)/t21-/m1/s1. The van der Waals surface area contributed by atoms with E-state index in [-0.39, 0.29) is 11.9 Å². The monoisotopic (exact) mass is 346 g/mol. The van der Waals surface area contributed by atoms with Crippen molar-refractivity contribution in [1.29, 1.82) is 0 Å². The average Bonchev–Trinajstić information content (AvgIpc) is 3.50. The third-order valence-electron chi connectivity index (χ3n) is 4.93. The van der Waals surface area contributed by atoms with Gasteiger partial charge in [-0.15, -0.1) is 0 Å². The number of aromatic nitrogens is 1. The molecule has 0 radical (unpaired) electrons. The molecule has 3 aromatic rings. The predicted octanol–water partition coefficient (Wildman–Crippen LogP) is 4.43. The van der Waals surface area contributed by atoms with E-state index in [9.17, 15) is 4.79 Å². The summed E-state index contributed by atoms with van der Waals surface area (Å²) in [4.78, 5) is 17.7. The van der Waals surface area contributed by atoms with Crippen molar-refractivity contribution in [3.63, 3.8) is 0 Å². The number of hydrogen-bond donors (Lipinski definition) is 1. The van der Waals surface area contributed by atoms with Crippen molar-refractivity contribution in [2.24, 2.45) is 5.92 Å². The van der Waals surface area contributed by atoms with E-state index in [1.54, 1.807) is 7.11 Å². The number of benzene rings is 2. The van der Waals surface area contributed by atoms with Crippen LogP contribution in [0.4, 0.5) is 0 Å². The number of pyridine rings is 1. The summed E-state index contributed by atoms with van der Waals surface area (Å²) in [6.45, 7) is 1.91. The number of hydrogen-bond acceptors (Lipinski definition) is 3.